The molecule has 0 amide bonds. The SMILES string of the molecule is C\C=C/C(/C=C/c1ccc(/C=C/c2ccc(OCc3ccc(S)cc3)cc2)cc1)=C\C=C(/C)OC. The highest BCUT2D eigenvalue weighted by atomic mass is 32.1. The molecule has 178 valence electrons. The Morgan fingerprint density at radius 3 is 1.89 bits per heavy atom. The molecular weight excluding hydrogens is 448 g/mol. The molecule has 0 heterocycles. The van der Waals surface area contributed by atoms with Crippen molar-refractivity contribution in [3.63, 3.8) is 0 Å². The third kappa shape index (κ3) is 9.23. The van der Waals surface area contributed by atoms with Crippen LogP contribution in [0.4, 0.5) is 0 Å². The van der Waals surface area contributed by atoms with E-state index in [0.29, 0.717) is 6.61 Å². The molecular formula is C32H32O2S. The Balaban J connectivity index is 1.56. The van der Waals surface area contributed by atoms with Gasteiger partial charge in [0.2, 0.25) is 0 Å². The Bertz CT molecular complexity index is 1210. The molecule has 0 fully saturated rings. The van der Waals surface area contributed by atoms with Crippen LogP contribution in [0.5, 0.6) is 5.75 Å². The summed E-state index contributed by atoms with van der Waals surface area (Å²) in [5, 5.41) is 0. The Kier molecular flexibility index (Phi) is 10.3. The molecule has 0 atom stereocenters. The van der Waals surface area contributed by atoms with Gasteiger partial charge < -0.3 is 9.47 Å². The third-order valence-corrected chi connectivity index (χ3v) is 5.58. The number of hydrogen-bond acceptors (Lipinski definition) is 3. The molecule has 3 heteroatoms. The minimum Gasteiger partial charge on any atom is -0.501 e. The first-order chi connectivity index (χ1) is 17.1. The summed E-state index contributed by atoms with van der Waals surface area (Å²) < 4.78 is 11.1. The summed E-state index contributed by atoms with van der Waals surface area (Å²) in [6, 6.07) is 24.6. The second-order valence-electron chi connectivity index (χ2n) is 8.01. The molecule has 3 aromatic carbocycles. The van der Waals surface area contributed by atoms with Crippen molar-refractivity contribution in [2.24, 2.45) is 0 Å². The number of ether oxygens (including phenoxy) is 2. The molecule has 0 bridgehead atoms. The van der Waals surface area contributed by atoms with Crippen LogP contribution in [-0.4, -0.2) is 7.11 Å². The lowest BCUT2D eigenvalue weighted by atomic mass is 10.1. The summed E-state index contributed by atoms with van der Waals surface area (Å²) >= 11 is 4.31. The van der Waals surface area contributed by atoms with E-state index in [1.165, 1.54) is 0 Å². The second-order valence-corrected chi connectivity index (χ2v) is 8.52. The van der Waals surface area contributed by atoms with E-state index < -0.39 is 0 Å². The highest BCUT2D eigenvalue weighted by Crippen LogP contribution is 2.17. The van der Waals surface area contributed by atoms with E-state index in [4.69, 9.17) is 9.47 Å². The maximum atomic E-state index is 5.88. The number of methoxy groups -OCH3 is 1. The van der Waals surface area contributed by atoms with E-state index >= 15 is 0 Å². The second kappa shape index (κ2) is 13.9. The third-order valence-electron chi connectivity index (χ3n) is 5.29. The van der Waals surface area contributed by atoms with Gasteiger partial charge in [0, 0.05) is 4.90 Å². The zero-order valence-electron chi connectivity index (χ0n) is 20.5. The van der Waals surface area contributed by atoms with Gasteiger partial charge in [0.05, 0.1) is 12.9 Å². The molecule has 0 aromatic heterocycles. The van der Waals surface area contributed by atoms with Crippen LogP contribution >= 0.6 is 12.6 Å². The first kappa shape index (κ1) is 25.9. The molecule has 0 N–H and O–H groups in total. The van der Waals surface area contributed by atoms with Gasteiger partial charge in [-0.05, 0) is 72.0 Å². The maximum absolute atomic E-state index is 5.88. The highest BCUT2D eigenvalue weighted by Gasteiger charge is 1.97. The zero-order chi connectivity index (χ0) is 24.9. The lowest BCUT2D eigenvalue weighted by molar-refractivity contribution is 0.294. The van der Waals surface area contributed by atoms with Gasteiger partial charge in [-0.2, -0.15) is 0 Å². The minimum atomic E-state index is 0.541. The van der Waals surface area contributed by atoms with Crippen molar-refractivity contribution >= 4 is 30.9 Å². The monoisotopic (exact) mass is 480 g/mol. The summed E-state index contributed by atoms with van der Waals surface area (Å²) in [6.45, 7) is 4.49. The van der Waals surface area contributed by atoms with Crippen molar-refractivity contribution in [1.29, 1.82) is 0 Å². The first-order valence-electron chi connectivity index (χ1n) is 11.6. The molecule has 0 unspecified atom stereocenters. The normalized spacial score (nSPS) is 12.7. The summed E-state index contributed by atoms with van der Waals surface area (Å²) in [4.78, 5) is 0.952. The average molecular weight is 481 g/mol. The van der Waals surface area contributed by atoms with Crippen LogP contribution in [0.1, 0.15) is 36.1 Å². The van der Waals surface area contributed by atoms with E-state index in [2.05, 4.69) is 79.4 Å². The molecule has 3 aromatic rings. The van der Waals surface area contributed by atoms with Crippen molar-refractivity contribution in [2.45, 2.75) is 25.3 Å². The van der Waals surface area contributed by atoms with Gasteiger partial charge in [-0.15, -0.1) is 12.6 Å². The van der Waals surface area contributed by atoms with Crippen molar-refractivity contribution < 1.29 is 9.47 Å². The standard InChI is InChI=1S/C32H32O2S/c1-4-5-26(7-6-25(2)33-3)8-9-27-10-12-28(13-11-27)14-15-29-16-20-31(21-17-29)34-24-30-18-22-32(35)23-19-30/h4-23,35H,24H2,1-3H3/b5-4-,9-8+,15-14+,25-6+,26-7+. The van der Waals surface area contributed by atoms with Gasteiger partial charge >= 0.3 is 0 Å². The number of benzene rings is 3. The van der Waals surface area contributed by atoms with Crippen LogP contribution in [0.15, 0.2) is 119 Å². The Hall–Kier alpha value is -3.69. The Morgan fingerprint density at radius 2 is 1.31 bits per heavy atom. The molecule has 0 saturated heterocycles. The van der Waals surface area contributed by atoms with E-state index in [1.807, 2.05) is 68.5 Å². The van der Waals surface area contributed by atoms with Gasteiger partial charge in [-0.1, -0.05) is 91.1 Å². The zero-order valence-corrected chi connectivity index (χ0v) is 21.4. The van der Waals surface area contributed by atoms with Crippen LogP contribution in [0, 0.1) is 0 Å². The molecule has 2 nitrogen and oxygen atoms in total. The quantitative estimate of drug-likeness (QED) is 0.135. The molecule has 3 rings (SSSR count). The van der Waals surface area contributed by atoms with Crippen LogP contribution < -0.4 is 4.74 Å². The smallest absolute Gasteiger partial charge is 0.119 e. The summed E-state index contributed by atoms with van der Waals surface area (Å²) in [5.74, 6) is 1.73. The summed E-state index contributed by atoms with van der Waals surface area (Å²) in [7, 11) is 1.68. The van der Waals surface area contributed by atoms with Crippen molar-refractivity contribution in [3.8, 4) is 5.75 Å². The molecule has 0 aliphatic rings. The topological polar surface area (TPSA) is 18.5 Å². The van der Waals surface area contributed by atoms with Gasteiger partial charge in [0.25, 0.3) is 0 Å². The largest absolute Gasteiger partial charge is 0.501 e. The van der Waals surface area contributed by atoms with Crippen LogP contribution in [0.3, 0.4) is 0 Å². The van der Waals surface area contributed by atoms with Gasteiger partial charge in [-0.25, -0.2) is 0 Å². The predicted molar refractivity (Wildman–Crippen MR) is 153 cm³/mol. The Labute approximate surface area is 215 Å². The molecule has 0 aliphatic carbocycles. The Morgan fingerprint density at radius 1 is 0.743 bits per heavy atom. The van der Waals surface area contributed by atoms with Crippen LogP contribution in [-0.2, 0) is 11.3 Å². The number of rotatable bonds is 10. The van der Waals surface area contributed by atoms with E-state index in [0.717, 1.165) is 44.2 Å². The summed E-state index contributed by atoms with van der Waals surface area (Å²) in [6.07, 6.45) is 16.5. The van der Waals surface area contributed by atoms with Crippen molar-refractivity contribution in [1.82, 2.24) is 0 Å². The van der Waals surface area contributed by atoms with Crippen LogP contribution in [0.25, 0.3) is 18.2 Å². The number of thiol groups is 1. The predicted octanol–water partition coefficient (Wildman–Crippen LogP) is 8.79. The van der Waals surface area contributed by atoms with Crippen molar-refractivity contribution in [3.05, 3.63) is 137 Å². The fourth-order valence-electron chi connectivity index (χ4n) is 3.18. The molecule has 0 aliphatic heterocycles. The lowest BCUT2D eigenvalue weighted by Gasteiger charge is -2.06. The number of hydrogen-bond donors (Lipinski definition) is 1. The van der Waals surface area contributed by atoms with Gasteiger partial charge in [-0.3, -0.25) is 0 Å². The lowest BCUT2D eigenvalue weighted by Crippen LogP contribution is -1.94. The fourth-order valence-corrected chi connectivity index (χ4v) is 3.33. The first-order valence-corrected chi connectivity index (χ1v) is 12.0. The van der Waals surface area contributed by atoms with E-state index in [9.17, 15) is 0 Å². The van der Waals surface area contributed by atoms with Gasteiger partial charge in [0.15, 0.2) is 0 Å². The van der Waals surface area contributed by atoms with Crippen molar-refractivity contribution in [2.75, 3.05) is 7.11 Å². The fraction of sp³-hybridized carbons (Fsp3) is 0.125. The van der Waals surface area contributed by atoms with Crippen LogP contribution in [0.2, 0.25) is 0 Å². The minimum absolute atomic E-state index is 0.541. The highest BCUT2D eigenvalue weighted by molar-refractivity contribution is 7.80. The maximum Gasteiger partial charge on any atom is 0.119 e. The number of allylic oxidation sites excluding steroid dienone is 7. The van der Waals surface area contributed by atoms with E-state index in [-0.39, 0.29) is 0 Å². The molecule has 0 saturated carbocycles. The molecule has 0 spiro atoms. The average Bonchev–Trinajstić information content (AvgIpc) is 2.89. The molecule has 0 radical (unpaired) electrons. The van der Waals surface area contributed by atoms with Gasteiger partial charge in [0.1, 0.15) is 12.4 Å². The summed E-state index contributed by atoms with van der Waals surface area (Å²) in [5.41, 5.74) is 5.66. The molecule has 35 heavy (non-hydrogen) atoms. The van der Waals surface area contributed by atoms with E-state index in [1.54, 1.807) is 7.11 Å².